The number of rotatable bonds is 3. The molecule has 2 aromatic carbocycles. The van der Waals surface area contributed by atoms with E-state index in [-0.39, 0.29) is 11.9 Å². The number of para-hydroxylation sites is 2. The highest BCUT2D eigenvalue weighted by Crippen LogP contribution is 2.31. The minimum atomic E-state index is -0.188. The summed E-state index contributed by atoms with van der Waals surface area (Å²) in [7, 11) is 0. The van der Waals surface area contributed by atoms with Gasteiger partial charge in [0.25, 0.3) is 5.91 Å². The summed E-state index contributed by atoms with van der Waals surface area (Å²) in [5.41, 5.74) is 3.20. The fraction of sp³-hybridized carbons (Fsp3) is 0.158. The van der Waals surface area contributed by atoms with Crippen molar-refractivity contribution in [3.05, 3.63) is 77.6 Å². The maximum Gasteiger partial charge on any atom is 0.272 e. The fourth-order valence-corrected chi connectivity index (χ4v) is 2.91. The quantitative estimate of drug-likeness (QED) is 0.807. The van der Waals surface area contributed by atoms with E-state index in [0.717, 1.165) is 22.6 Å². The molecule has 0 saturated heterocycles. The topological polar surface area (TPSA) is 56.2 Å². The van der Waals surface area contributed by atoms with Crippen LogP contribution in [-0.2, 0) is 0 Å². The van der Waals surface area contributed by atoms with Crippen LogP contribution in [0.5, 0.6) is 5.75 Å². The summed E-state index contributed by atoms with van der Waals surface area (Å²) in [5.74, 6) is 0.641. The maximum absolute atomic E-state index is 12.6. The molecule has 1 aliphatic rings. The van der Waals surface area contributed by atoms with Gasteiger partial charge < -0.3 is 10.1 Å². The van der Waals surface area contributed by atoms with E-state index in [1.54, 1.807) is 4.68 Å². The molecule has 1 atom stereocenters. The molecule has 5 heteroatoms. The number of aromatic nitrogens is 2. The number of fused-ring (bicyclic) bond motifs is 1. The van der Waals surface area contributed by atoms with Crippen LogP contribution in [0.2, 0.25) is 0 Å². The Bertz CT molecular complexity index is 887. The van der Waals surface area contributed by atoms with E-state index in [2.05, 4.69) is 10.4 Å². The Hall–Kier alpha value is -3.08. The molecule has 0 bridgehead atoms. The van der Waals surface area contributed by atoms with Gasteiger partial charge in [0.2, 0.25) is 0 Å². The van der Waals surface area contributed by atoms with Gasteiger partial charge in [-0.1, -0.05) is 36.4 Å². The van der Waals surface area contributed by atoms with E-state index in [0.29, 0.717) is 12.3 Å². The summed E-state index contributed by atoms with van der Waals surface area (Å²) >= 11 is 0. The Morgan fingerprint density at radius 1 is 1.17 bits per heavy atom. The Morgan fingerprint density at radius 2 is 1.92 bits per heavy atom. The summed E-state index contributed by atoms with van der Waals surface area (Å²) < 4.78 is 7.34. The van der Waals surface area contributed by atoms with E-state index < -0.39 is 0 Å². The predicted octanol–water partition coefficient (Wildman–Crippen LogP) is 3.04. The largest absolute Gasteiger partial charge is 0.491 e. The first-order valence-electron chi connectivity index (χ1n) is 7.86. The fourth-order valence-electron chi connectivity index (χ4n) is 2.91. The molecule has 0 radical (unpaired) electrons. The summed E-state index contributed by atoms with van der Waals surface area (Å²) in [6.07, 6.45) is 1.86. The van der Waals surface area contributed by atoms with Crippen LogP contribution in [0, 0.1) is 6.92 Å². The molecule has 0 spiro atoms. The number of amides is 1. The van der Waals surface area contributed by atoms with Gasteiger partial charge in [-0.05, 0) is 25.1 Å². The Kier molecular flexibility index (Phi) is 3.54. The monoisotopic (exact) mass is 319 g/mol. The zero-order chi connectivity index (χ0) is 16.5. The highest BCUT2D eigenvalue weighted by Gasteiger charge is 2.26. The molecule has 0 unspecified atom stereocenters. The van der Waals surface area contributed by atoms with Crippen molar-refractivity contribution in [1.29, 1.82) is 0 Å². The molecular weight excluding hydrogens is 302 g/mol. The van der Waals surface area contributed by atoms with Gasteiger partial charge in [0.1, 0.15) is 12.4 Å². The molecule has 1 amide bonds. The molecule has 0 saturated carbocycles. The van der Waals surface area contributed by atoms with Crippen LogP contribution in [0.1, 0.15) is 27.7 Å². The molecule has 1 N–H and O–H groups in total. The molecule has 2 heterocycles. The lowest BCUT2D eigenvalue weighted by molar-refractivity contribution is 0.0924. The van der Waals surface area contributed by atoms with Gasteiger partial charge in [0.15, 0.2) is 5.69 Å². The molecule has 1 aliphatic heterocycles. The summed E-state index contributed by atoms with van der Waals surface area (Å²) in [4.78, 5) is 12.6. The van der Waals surface area contributed by atoms with Crippen LogP contribution in [-0.4, -0.2) is 22.3 Å². The van der Waals surface area contributed by atoms with Gasteiger partial charge in [-0.2, -0.15) is 5.10 Å². The molecule has 1 aromatic heterocycles. The molecule has 120 valence electrons. The van der Waals surface area contributed by atoms with Crippen LogP contribution in [0.25, 0.3) is 5.69 Å². The van der Waals surface area contributed by atoms with E-state index in [4.69, 9.17) is 4.74 Å². The van der Waals surface area contributed by atoms with E-state index in [1.165, 1.54) is 0 Å². The van der Waals surface area contributed by atoms with Crippen molar-refractivity contribution in [3.63, 3.8) is 0 Å². The van der Waals surface area contributed by atoms with Crippen LogP contribution >= 0.6 is 0 Å². The number of carbonyl (C=O) groups is 1. The lowest BCUT2D eigenvalue weighted by atomic mass is 10.1. The third kappa shape index (κ3) is 2.54. The summed E-state index contributed by atoms with van der Waals surface area (Å²) in [6, 6.07) is 17.4. The Labute approximate surface area is 139 Å². The first kappa shape index (κ1) is 14.5. The van der Waals surface area contributed by atoms with Crippen molar-refractivity contribution < 1.29 is 9.53 Å². The first-order valence-corrected chi connectivity index (χ1v) is 7.86. The van der Waals surface area contributed by atoms with Crippen molar-refractivity contribution in [2.45, 2.75) is 13.0 Å². The van der Waals surface area contributed by atoms with Crippen molar-refractivity contribution >= 4 is 5.91 Å². The van der Waals surface area contributed by atoms with E-state index >= 15 is 0 Å². The lowest BCUT2D eigenvalue weighted by Crippen LogP contribution is -2.30. The number of carbonyl (C=O) groups excluding carboxylic acids is 1. The number of aryl methyl sites for hydroxylation is 1. The smallest absolute Gasteiger partial charge is 0.272 e. The summed E-state index contributed by atoms with van der Waals surface area (Å²) in [6.45, 7) is 2.34. The highest BCUT2D eigenvalue weighted by molar-refractivity contribution is 5.94. The number of hydrogen-bond acceptors (Lipinski definition) is 3. The Morgan fingerprint density at radius 3 is 2.75 bits per heavy atom. The van der Waals surface area contributed by atoms with E-state index in [1.807, 2.05) is 67.7 Å². The van der Waals surface area contributed by atoms with Crippen molar-refractivity contribution in [2.24, 2.45) is 0 Å². The molecular formula is C19H17N3O2. The van der Waals surface area contributed by atoms with Gasteiger partial charge in [-0.25, -0.2) is 4.68 Å². The van der Waals surface area contributed by atoms with Gasteiger partial charge in [0.05, 0.1) is 11.7 Å². The van der Waals surface area contributed by atoms with Crippen molar-refractivity contribution in [2.75, 3.05) is 6.61 Å². The second-order valence-corrected chi connectivity index (χ2v) is 5.82. The standard InChI is InChI=1S/C19H17N3O2/c1-13-11-22(14-7-3-2-4-8-14)21-18(13)19(23)20-16-12-24-17-10-6-5-9-15(16)17/h2-11,16H,12H2,1H3,(H,20,23)/t16-/m0/s1. The molecule has 0 aliphatic carbocycles. The molecule has 3 aromatic rings. The van der Waals surface area contributed by atoms with Crippen LogP contribution in [0.15, 0.2) is 60.8 Å². The first-order chi connectivity index (χ1) is 11.7. The van der Waals surface area contributed by atoms with Crippen molar-refractivity contribution in [1.82, 2.24) is 15.1 Å². The Balaban J connectivity index is 1.57. The number of ether oxygens (including phenoxy) is 1. The molecule has 24 heavy (non-hydrogen) atoms. The van der Waals surface area contributed by atoms with Crippen molar-refractivity contribution in [3.8, 4) is 11.4 Å². The minimum Gasteiger partial charge on any atom is -0.491 e. The second kappa shape index (κ2) is 5.85. The third-order valence-electron chi connectivity index (χ3n) is 4.14. The minimum absolute atomic E-state index is 0.144. The molecule has 4 rings (SSSR count). The van der Waals surface area contributed by atoms with Gasteiger partial charge in [-0.15, -0.1) is 0 Å². The number of nitrogens with zero attached hydrogens (tertiary/aromatic N) is 2. The van der Waals surface area contributed by atoms with Gasteiger partial charge in [-0.3, -0.25) is 4.79 Å². The molecule has 5 nitrogen and oxygen atoms in total. The third-order valence-corrected chi connectivity index (χ3v) is 4.14. The number of benzene rings is 2. The van der Waals surface area contributed by atoms with E-state index in [9.17, 15) is 4.79 Å². The second-order valence-electron chi connectivity index (χ2n) is 5.82. The average molecular weight is 319 g/mol. The zero-order valence-electron chi connectivity index (χ0n) is 13.3. The SMILES string of the molecule is Cc1cn(-c2ccccc2)nc1C(=O)N[C@H]1COc2ccccc21. The number of hydrogen-bond donors (Lipinski definition) is 1. The molecule has 0 fully saturated rings. The average Bonchev–Trinajstić information content (AvgIpc) is 3.20. The van der Waals surface area contributed by atoms with Crippen LogP contribution < -0.4 is 10.1 Å². The normalized spacial score (nSPS) is 15.6. The van der Waals surface area contributed by atoms with Crippen LogP contribution in [0.4, 0.5) is 0 Å². The predicted molar refractivity (Wildman–Crippen MR) is 90.4 cm³/mol. The van der Waals surface area contributed by atoms with Crippen LogP contribution in [0.3, 0.4) is 0 Å². The number of nitrogens with one attached hydrogen (secondary N) is 1. The zero-order valence-corrected chi connectivity index (χ0v) is 13.3. The van der Waals surface area contributed by atoms with Gasteiger partial charge in [0, 0.05) is 17.3 Å². The lowest BCUT2D eigenvalue weighted by Gasteiger charge is -2.10. The maximum atomic E-state index is 12.6. The van der Waals surface area contributed by atoms with Gasteiger partial charge >= 0.3 is 0 Å². The summed E-state index contributed by atoms with van der Waals surface area (Å²) in [5, 5.41) is 7.46. The highest BCUT2D eigenvalue weighted by atomic mass is 16.5.